The van der Waals surface area contributed by atoms with E-state index in [0.717, 1.165) is 16.1 Å². The fourth-order valence-corrected chi connectivity index (χ4v) is 4.94. The molecule has 0 aliphatic rings. The molecule has 2 aromatic heterocycles. The van der Waals surface area contributed by atoms with E-state index in [1.54, 1.807) is 30.3 Å². The molecule has 0 N–H and O–H groups in total. The number of nitrogens with zero attached hydrogens (tertiary/aromatic N) is 2. The maximum atomic E-state index is 13.0. The Labute approximate surface area is 176 Å². The Bertz CT molecular complexity index is 1420. The van der Waals surface area contributed by atoms with Gasteiger partial charge in [-0.25, -0.2) is 12.4 Å². The van der Waals surface area contributed by atoms with Crippen LogP contribution in [0.25, 0.3) is 22.0 Å². The second-order valence-electron chi connectivity index (χ2n) is 7.15. The molecular weight excluding hydrogens is 429 g/mol. The van der Waals surface area contributed by atoms with Crippen LogP contribution in [0.1, 0.15) is 11.1 Å². The van der Waals surface area contributed by atoms with Crippen molar-refractivity contribution in [2.24, 2.45) is 7.05 Å². The lowest BCUT2D eigenvalue weighted by molar-refractivity contribution is -0.137. The Kier molecular flexibility index (Phi) is 5.01. The number of alkyl halides is 3. The van der Waals surface area contributed by atoms with E-state index in [1.165, 1.54) is 42.2 Å². The lowest BCUT2D eigenvalue weighted by Gasteiger charge is -2.12. The molecule has 5 nitrogen and oxygen atoms in total. The topological polar surface area (TPSA) is 61.1 Å². The van der Waals surface area contributed by atoms with E-state index in [4.69, 9.17) is 0 Å². The number of aromatic nitrogens is 2. The van der Waals surface area contributed by atoms with E-state index in [-0.39, 0.29) is 11.3 Å². The summed E-state index contributed by atoms with van der Waals surface area (Å²) in [5, 5.41) is 0.347. The van der Waals surface area contributed by atoms with Crippen LogP contribution in [0.5, 0.6) is 0 Å². The Morgan fingerprint density at radius 1 is 0.935 bits per heavy atom. The number of halogens is 3. The van der Waals surface area contributed by atoms with Crippen LogP contribution >= 0.6 is 0 Å². The number of rotatable bonds is 4. The van der Waals surface area contributed by atoms with Crippen LogP contribution in [0, 0.1) is 0 Å². The van der Waals surface area contributed by atoms with Gasteiger partial charge in [-0.1, -0.05) is 42.5 Å². The van der Waals surface area contributed by atoms with Crippen LogP contribution in [-0.2, 0) is 29.0 Å². The molecule has 160 valence electrons. The minimum atomic E-state index is -4.47. The van der Waals surface area contributed by atoms with Crippen molar-refractivity contribution in [3.63, 3.8) is 0 Å². The lowest BCUT2D eigenvalue weighted by Crippen LogP contribution is -2.23. The third-order valence-electron chi connectivity index (χ3n) is 5.00. The highest BCUT2D eigenvalue weighted by Crippen LogP contribution is 2.33. The van der Waals surface area contributed by atoms with Gasteiger partial charge in [0.1, 0.15) is 5.52 Å². The summed E-state index contributed by atoms with van der Waals surface area (Å²) in [5.74, 6) is -0.300. The van der Waals surface area contributed by atoms with Gasteiger partial charge in [-0.2, -0.15) is 13.2 Å². The van der Waals surface area contributed by atoms with E-state index in [2.05, 4.69) is 0 Å². The standard InChI is InChI=1S/C22H17F3N2O3S/c1-26-13-19(16-7-9-17(10-8-16)22(23,24)25)18-11-12-27(20(18)21(26)28)31(29,30)14-15-5-3-2-4-6-15/h2-13H,14H2,1H3. The van der Waals surface area contributed by atoms with Gasteiger partial charge in [0.15, 0.2) is 0 Å². The van der Waals surface area contributed by atoms with Crippen LogP contribution in [-0.4, -0.2) is 17.0 Å². The molecule has 0 aliphatic carbocycles. The first-order valence-corrected chi connectivity index (χ1v) is 10.8. The Morgan fingerprint density at radius 3 is 2.19 bits per heavy atom. The lowest BCUT2D eigenvalue weighted by atomic mass is 10.0. The Hall–Kier alpha value is -3.33. The summed E-state index contributed by atoms with van der Waals surface area (Å²) in [4.78, 5) is 12.8. The van der Waals surface area contributed by atoms with Crippen molar-refractivity contribution < 1.29 is 21.6 Å². The maximum absolute atomic E-state index is 13.0. The molecule has 0 aliphatic heterocycles. The van der Waals surface area contributed by atoms with Crippen LogP contribution < -0.4 is 5.56 Å². The molecule has 2 aromatic carbocycles. The Morgan fingerprint density at radius 2 is 1.58 bits per heavy atom. The molecule has 4 rings (SSSR count). The van der Waals surface area contributed by atoms with E-state index in [9.17, 15) is 26.4 Å². The van der Waals surface area contributed by atoms with Gasteiger partial charge in [-0.15, -0.1) is 0 Å². The second-order valence-corrected chi connectivity index (χ2v) is 9.00. The normalized spacial score (nSPS) is 12.4. The smallest absolute Gasteiger partial charge is 0.316 e. The van der Waals surface area contributed by atoms with Gasteiger partial charge < -0.3 is 4.57 Å². The number of benzene rings is 2. The van der Waals surface area contributed by atoms with Crippen LogP contribution in [0.3, 0.4) is 0 Å². The van der Waals surface area contributed by atoms with Gasteiger partial charge in [0.05, 0.1) is 11.3 Å². The fourth-order valence-electron chi connectivity index (χ4n) is 3.49. The van der Waals surface area contributed by atoms with Crippen LogP contribution in [0.15, 0.2) is 77.9 Å². The monoisotopic (exact) mass is 446 g/mol. The average Bonchev–Trinajstić information content (AvgIpc) is 3.17. The van der Waals surface area contributed by atoms with Gasteiger partial charge in [0, 0.05) is 30.4 Å². The predicted octanol–water partition coefficient (Wildman–Crippen LogP) is 4.40. The highest BCUT2D eigenvalue weighted by molar-refractivity contribution is 7.89. The zero-order valence-corrected chi connectivity index (χ0v) is 17.1. The molecule has 2 heterocycles. The zero-order valence-electron chi connectivity index (χ0n) is 16.3. The molecule has 0 saturated carbocycles. The number of hydrogen-bond donors (Lipinski definition) is 0. The van der Waals surface area contributed by atoms with Crippen molar-refractivity contribution >= 4 is 20.9 Å². The molecule has 4 aromatic rings. The average molecular weight is 446 g/mol. The van der Waals surface area contributed by atoms with E-state index < -0.39 is 27.3 Å². The van der Waals surface area contributed by atoms with Gasteiger partial charge >= 0.3 is 6.18 Å². The van der Waals surface area contributed by atoms with E-state index >= 15 is 0 Å². The zero-order chi connectivity index (χ0) is 22.4. The van der Waals surface area contributed by atoms with Gasteiger partial charge in [0.2, 0.25) is 10.0 Å². The quantitative estimate of drug-likeness (QED) is 0.467. The van der Waals surface area contributed by atoms with Crippen molar-refractivity contribution in [2.45, 2.75) is 11.9 Å². The summed E-state index contributed by atoms with van der Waals surface area (Å²) in [6.45, 7) is 0. The number of pyridine rings is 1. The van der Waals surface area contributed by atoms with Crippen molar-refractivity contribution in [2.75, 3.05) is 0 Å². The van der Waals surface area contributed by atoms with Crippen molar-refractivity contribution in [1.29, 1.82) is 0 Å². The molecule has 0 spiro atoms. The fraction of sp³-hybridized carbons (Fsp3) is 0.136. The maximum Gasteiger partial charge on any atom is 0.416 e. The second kappa shape index (κ2) is 7.42. The molecule has 0 radical (unpaired) electrons. The third-order valence-corrected chi connectivity index (χ3v) is 6.60. The number of aryl methyl sites for hydroxylation is 1. The molecular formula is C22H17F3N2O3S. The summed E-state index contributed by atoms with van der Waals surface area (Å²) < 4.78 is 66.9. The summed E-state index contributed by atoms with van der Waals surface area (Å²) in [7, 11) is -2.44. The first-order chi connectivity index (χ1) is 14.6. The molecule has 31 heavy (non-hydrogen) atoms. The number of hydrogen-bond acceptors (Lipinski definition) is 3. The Balaban J connectivity index is 1.87. The summed E-state index contributed by atoms with van der Waals surface area (Å²) >= 11 is 0. The minimum absolute atomic E-state index is 0.0455. The van der Waals surface area contributed by atoms with Crippen molar-refractivity contribution in [1.82, 2.24) is 8.54 Å². The van der Waals surface area contributed by atoms with Gasteiger partial charge in [-0.05, 0) is 29.3 Å². The molecule has 0 amide bonds. The van der Waals surface area contributed by atoms with Crippen LogP contribution in [0.2, 0.25) is 0 Å². The van der Waals surface area contributed by atoms with Crippen molar-refractivity contribution in [3.8, 4) is 11.1 Å². The highest BCUT2D eigenvalue weighted by Gasteiger charge is 2.30. The van der Waals surface area contributed by atoms with E-state index in [1.807, 2.05) is 0 Å². The molecule has 0 atom stereocenters. The third kappa shape index (κ3) is 3.88. The van der Waals surface area contributed by atoms with Crippen LogP contribution in [0.4, 0.5) is 13.2 Å². The highest BCUT2D eigenvalue weighted by atomic mass is 32.2. The van der Waals surface area contributed by atoms with Gasteiger partial charge in [0.25, 0.3) is 5.56 Å². The van der Waals surface area contributed by atoms with Crippen molar-refractivity contribution in [3.05, 3.63) is 94.5 Å². The molecule has 0 fully saturated rings. The first-order valence-electron chi connectivity index (χ1n) is 9.23. The molecule has 0 unspecified atom stereocenters. The van der Waals surface area contributed by atoms with Gasteiger partial charge in [-0.3, -0.25) is 4.79 Å². The summed E-state index contributed by atoms with van der Waals surface area (Å²) in [6, 6.07) is 14.6. The summed E-state index contributed by atoms with van der Waals surface area (Å²) in [6.07, 6.45) is -1.68. The first kappa shape index (κ1) is 20.9. The molecule has 9 heteroatoms. The predicted molar refractivity (Wildman–Crippen MR) is 112 cm³/mol. The van der Waals surface area contributed by atoms with E-state index in [0.29, 0.717) is 22.1 Å². The molecule has 0 bridgehead atoms. The SMILES string of the molecule is Cn1cc(-c2ccc(C(F)(F)F)cc2)c2ccn(S(=O)(=O)Cc3ccccc3)c2c1=O. The largest absolute Gasteiger partial charge is 0.416 e. The molecule has 0 saturated heterocycles. The number of fused-ring (bicyclic) bond motifs is 1. The minimum Gasteiger partial charge on any atom is -0.316 e. The summed E-state index contributed by atoms with van der Waals surface area (Å²) in [5.41, 5.74) is 0.106.